The molecule has 2 atom stereocenters. The summed E-state index contributed by atoms with van der Waals surface area (Å²) in [5.74, 6) is 0.407. The van der Waals surface area contributed by atoms with E-state index < -0.39 is 0 Å². The molecule has 2 heteroatoms. The van der Waals surface area contributed by atoms with Crippen molar-refractivity contribution >= 4 is 0 Å². The van der Waals surface area contributed by atoms with Crippen LogP contribution in [0.25, 0.3) is 0 Å². The Balaban J connectivity index is 3.60. The van der Waals surface area contributed by atoms with Crippen LogP contribution in [0.2, 0.25) is 0 Å². The molecule has 0 spiro atoms. The van der Waals surface area contributed by atoms with Crippen LogP contribution >= 0.6 is 0 Å². The largest absolute Gasteiger partial charge is 0.329 e. The zero-order valence-corrected chi connectivity index (χ0v) is 6.88. The van der Waals surface area contributed by atoms with Crippen LogP contribution in [0.3, 0.4) is 0 Å². The summed E-state index contributed by atoms with van der Waals surface area (Å²) in [5, 5.41) is 0. The standard InChI is InChI=1S/C8H18N2/c1-3-4-5-7(2)8(10)6-9/h4-5,7-8H,3,6,9-10H2,1-2H3/b5-4-. The fraction of sp³-hybridized carbons (Fsp3) is 0.750. The molecule has 0 aliphatic heterocycles. The molecule has 2 unspecified atom stereocenters. The highest BCUT2D eigenvalue weighted by atomic mass is 14.7. The van der Waals surface area contributed by atoms with E-state index in [4.69, 9.17) is 11.5 Å². The minimum atomic E-state index is 0.114. The molecule has 2 nitrogen and oxygen atoms in total. The third kappa shape index (κ3) is 3.64. The maximum Gasteiger partial charge on any atom is 0.0224 e. The lowest BCUT2D eigenvalue weighted by atomic mass is 10.0. The molecule has 0 heterocycles. The predicted octanol–water partition coefficient (Wildman–Crippen LogP) is 0.875. The summed E-state index contributed by atoms with van der Waals surface area (Å²) < 4.78 is 0. The van der Waals surface area contributed by atoms with Crippen LogP contribution in [-0.2, 0) is 0 Å². The van der Waals surface area contributed by atoms with Gasteiger partial charge >= 0.3 is 0 Å². The van der Waals surface area contributed by atoms with Crippen molar-refractivity contribution in [1.82, 2.24) is 0 Å². The molecule has 10 heavy (non-hydrogen) atoms. The Hall–Kier alpha value is -0.340. The molecule has 0 aliphatic rings. The van der Waals surface area contributed by atoms with Crippen molar-refractivity contribution in [3.8, 4) is 0 Å². The molecule has 0 radical (unpaired) electrons. The molecule has 60 valence electrons. The van der Waals surface area contributed by atoms with Gasteiger partial charge in [-0.05, 0) is 12.3 Å². The lowest BCUT2D eigenvalue weighted by Crippen LogP contribution is -2.34. The smallest absolute Gasteiger partial charge is 0.0224 e. The van der Waals surface area contributed by atoms with Gasteiger partial charge in [0.15, 0.2) is 0 Å². The molecule has 4 N–H and O–H groups in total. The Morgan fingerprint density at radius 2 is 2.10 bits per heavy atom. The predicted molar refractivity (Wildman–Crippen MR) is 45.6 cm³/mol. The lowest BCUT2D eigenvalue weighted by Gasteiger charge is -2.13. The van der Waals surface area contributed by atoms with E-state index in [0.29, 0.717) is 12.5 Å². The Morgan fingerprint density at radius 1 is 1.50 bits per heavy atom. The van der Waals surface area contributed by atoms with Crippen LogP contribution in [0.1, 0.15) is 20.3 Å². The summed E-state index contributed by atoms with van der Waals surface area (Å²) in [4.78, 5) is 0. The highest BCUT2D eigenvalue weighted by Crippen LogP contribution is 2.01. The van der Waals surface area contributed by atoms with Crippen LogP contribution in [0.4, 0.5) is 0 Å². The Labute approximate surface area is 63.3 Å². The van der Waals surface area contributed by atoms with E-state index in [2.05, 4.69) is 26.0 Å². The number of rotatable bonds is 4. The summed E-state index contributed by atoms with van der Waals surface area (Å²) in [6.07, 6.45) is 5.32. The molecule has 0 aliphatic carbocycles. The van der Waals surface area contributed by atoms with Crippen LogP contribution in [0.5, 0.6) is 0 Å². The fourth-order valence-electron chi connectivity index (χ4n) is 0.708. The molecule has 0 aromatic carbocycles. The number of allylic oxidation sites excluding steroid dienone is 1. The summed E-state index contributed by atoms with van der Waals surface area (Å²) in [6, 6.07) is 0.114. The first-order chi connectivity index (χ1) is 4.72. The van der Waals surface area contributed by atoms with Crippen molar-refractivity contribution in [1.29, 1.82) is 0 Å². The topological polar surface area (TPSA) is 52.0 Å². The second-order valence-corrected chi connectivity index (χ2v) is 2.60. The Bertz CT molecular complexity index is 99.4. The van der Waals surface area contributed by atoms with Crippen molar-refractivity contribution in [2.45, 2.75) is 26.3 Å². The lowest BCUT2D eigenvalue weighted by molar-refractivity contribution is 0.547. The van der Waals surface area contributed by atoms with Gasteiger partial charge in [-0.15, -0.1) is 0 Å². The van der Waals surface area contributed by atoms with E-state index in [-0.39, 0.29) is 6.04 Å². The van der Waals surface area contributed by atoms with Crippen molar-refractivity contribution in [2.24, 2.45) is 17.4 Å². The first kappa shape index (κ1) is 9.66. The molecule has 0 rings (SSSR count). The van der Waals surface area contributed by atoms with E-state index in [1.165, 1.54) is 0 Å². The Morgan fingerprint density at radius 3 is 2.50 bits per heavy atom. The summed E-state index contributed by atoms with van der Waals surface area (Å²) in [7, 11) is 0. The van der Waals surface area contributed by atoms with Gasteiger partial charge in [-0.3, -0.25) is 0 Å². The first-order valence-electron chi connectivity index (χ1n) is 3.84. The number of nitrogens with two attached hydrogens (primary N) is 2. The zero-order chi connectivity index (χ0) is 7.98. The molecular formula is C8H18N2. The second-order valence-electron chi connectivity index (χ2n) is 2.60. The van der Waals surface area contributed by atoms with Crippen LogP contribution in [0.15, 0.2) is 12.2 Å². The summed E-state index contributed by atoms with van der Waals surface area (Å²) in [5.41, 5.74) is 11.1. The van der Waals surface area contributed by atoms with Crippen molar-refractivity contribution in [2.75, 3.05) is 6.54 Å². The van der Waals surface area contributed by atoms with Crippen molar-refractivity contribution in [3.63, 3.8) is 0 Å². The van der Waals surface area contributed by atoms with E-state index in [0.717, 1.165) is 6.42 Å². The van der Waals surface area contributed by atoms with E-state index >= 15 is 0 Å². The average molecular weight is 142 g/mol. The van der Waals surface area contributed by atoms with Gasteiger partial charge in [-0.25, -0.2) is 0 Å². The van der Waals surface area contributed by atoms with Crippen LogP contribution in [0, 0.1) is 5.92 Å². The molecule has 0 fully saturated rings. The van der Waals surface area contributed by atoms with E-state index in [9.17, 15) is 0 Å². The van der Waals surface area contributed by atoms with E-state index in [1.807, 2.05) is 0 Å². The first-order valence-corrected chi connectivity index (χ1v) is 3.84. The van der Waals surface area contributed by atoms with Gasteiger partial charge in [0.05, 0.1) is 0 Å². The quantitative estimate of drug-likeness (QED) is 0.572. The van der Waals surface area contributed by atoms with Gasteiger partial charge in [-0.2, -0.15) is 0 Å². The van der Waals surface area contributed by atoms with Crippen molar-refractivity contribution in [3.05, 3.63) is 12.2 Å². The number of hydrogen-bond acceptors (Lipinski definition) is 2. The SMILES string of the molecule is CC/C=C\C(C)C(N)CN. The summed E-state index contributed by atoms with van der Waals surface area (Å²) >= 11 is 0. The van der Waals surface area contributed by atoms with Gasteiger partial charge < -0.3 is 11.5 Å². The van der Waals surface area contributed by atoms with Gasteiger partial charge in [0.2, 0.25) is 0 Å². The van der Waals surface area contributed by atoms with Crippen LogP contribution in [-0.4, -0.2) is 12.6 Å². The van der Waals surface area contributed by atoms with Crippen molar-refractivity contribution < 1.29 is 0 Å². The van der Waals surface area contributed by atoms with Gasteiger partial charge in [0.1, 0.15) is 0 Å². The Kier molecular flexibility index (Phi) is 5.26. The molecular weight excluding hydrogens is 124 g/mol. The molecule has 0 saturated heterocycles. The highest BCUT2D eigenvalue weighted by molar-refractivity contribution is 4.90. The van der Waals surface area contributed by atoms with Crippen LogP contribution < -0.4 is 11.5 Å². The monoisotopic (exact) mass is 142 g/mol. The normalized spacial score (nSPS) is 17.6. The third-order valence-electron chi connectivity index (χ3n) is 1.62. The second kappa shape index (κ2) is 5.45. The number of hydrogen-bond donors (Lipinski definition) is 2. The maximum absolute atomic E-state index is 5.68. The molecule has 0 amide bonds. The van der Waals surface area contributed by atoms with E-state index in [1.54, 1.807) is 0 Å². The minimum absolute atomic E-state index is 0.114. The minimum Gasteiger partial charge on any atom is -0.329 e. The average Bonchev–Trinajstić information content (AvgIpc) is 1.98. The third-order valence-corrected chi connectivity index (χ3v) is 1.62. The molecule has 0 aromatic heterocycles. The molecule has 0 bridgehead atoms. The highest BCUT2D eigenvalue weighted by Gasteiger charge is 2.05. The fourth-order valence-corrected chi connectivity index (χ4v) is 0.708. The van der Waals surface area contributed by atoms with Gasteiger partial charge in [0, 0.05) is 12.6 Å². The van der Waals surface area contributed by atoms with Gasteiger partial charge in [0.25, 0.3) is 0 Å². The zero-order valence-electron chi connectivity index (χ0n) is 6.88. The van der Waals surface area contributed by atoms with Gasteiger partial charge in [-0.1, -0.05) is 26.0 Å². The molecule has 0 aromatic rings. The summed E-state index contributed by atoms with van der Waals surface area (Å²) in [6.45, 7) is 4.76. The maximum atomic E-state index is 5.68. The molecule has 0 saturated carbocycles.